The van der Waals surface area contributed by atoms with Crippen molar-refractivity contribution in [1.29, 1.82) is 0 Å². The molecule has 19 heavy (non-hydrogen) atoms. The molecule has 1 unspecified atom stereocenters. The highest BCUT2D eigenvalue weighted by Gasteiger charge is 2.27. The molecule has 3 N–H and O–H groups in total. The van der Waals surface area contributed by atoms with Crippen LogP contribution in [0.2, 0.25) is 0 Å². The van der Waals surface area contributed by atoms with Crippen molar-refractivity contribution in [2.24, 2.45) is 0 Å². The minimum atomic E-state index is -1.20. The van der Waals surface area contributed by atoms with Crippen LogP contribution in [0.4, 0.5) is 4.79 Å². The van der Waals surface area contributed by atoms with Crippen molar-refractivity contribution >= 4 is 6.03 Å². The number of amides is 2. The van der Waals surface area contributed by atoms with Gasteiger partial charge in [-0.2, -0.15) is 0 Å². The summed E-state index contributed by atoms with van der Waals surface area (Å²) in [5.74, 6) is 1.19. The van der Waals surface area contributed by atoms with E-state index in [1.165, 1.54) is 0 Å². The molecule has 1 atom stereocenters. The van der Waals surface area contributed by atoms with Crippen LogP contribution in [0.1, 0.15) is 44.6 Å². The SMILES string of the molecule is CCCCCNC(=O)NCC(C)(O)c1ccc(C)o1. The van der Waals surface area contributed by atoms with Crippen molar-refractivity contribution in [3.8, 4) is 0 Å². The lowest BCUT2D eigenvalue weighted by atomic mass is 10.0. The van der Waals surface area contributed by atoms with Crippen LogP contribution in [-0.2, 0) is 5.60 Å². The fraction of sp³-hybridized carbons (Fsp3) is 0.643. The zero-order valence-electron chi connectivity index (χ0n) is 12.0. The second-order valence-electron chi connectivity index (χ2n) is 5.00. The van der Waals surface area contributed by atoms with Gasteiger partial charge in [0.2, 0.25) is 0 Å². The van der Waals surface area contributed by atoms with E-state index in [0.717, 1.165) is 25.0 Å². The van der Waals surface area contributed by atoms with E-state index in [1.54, 1.807) is 19.1 Å². The average molecular weight is 268 g/mol. The van der Waals surface area contributed by atoms with Crippen LogP contribution in [0.25, 0.3) is 0 Å². The number of aryl methyl sites for hydroxylation is 1. The number of rotatable bonds is 7. The summed E-state index contributed by atoms with van der Waals surface area (Å²) < 4.78 is 5.37. The highest BCUT2D eigenvalue weighted by Crippen LogP contribution is 2.21. The van der Waals surface area contributed by atoms with Crippen molar-refractivity contribution in [1.82, 2.24) is 10.6 Å². The topological polar surface area (TPSA) is 74.5 Å². The quantitative estimate of drug-likeness (QED) is 0.664. The molecule has 5 nitrogen and oxygen atoms in total. The van der Waals surface area contributed by atoms with Crippen LogP contribution >= 0.6 is 0 Å². The first-order valence-electron chi connectivity index (χ1n) is 6.76. The molecule has 0 aliphatic carbocycles. The predicted octanol–water partition coefficient (Wildman–Crippen LogP) is 2.28. The molecular formula is C14H24N2O3. The second kappa shape index (κ2) is 7.19. The summed E-state index contributed by atoms with van der Waals surface area (Å²) in [4.78, 5) is 11.5. The van der Waals surface area contributed by atoms with Gasteiger partial charge in [-0.3, -0.25) is 0 Å². The van der Waals surface area contributed by atoms with Crippen LogP contribution < -0.4 is 10.6 Å². The van der Waals surface area contributed by atoms with Gasteiger partial charge in [-0.25, -0.2) is 4.79 Å². The Morgan fingerprint density at radius 2 is 2.11 bits per heavy atom. The normalized spacial score (nSPS) is 13.9. The van der Waals surface area contributed by atoms with Gasteiger partial charge < -0.3 is 20.2 Å². The number of nitrogens with one attached hydrogen (secondary N) is 2. The lowest BCUT2D eigenvalue weighted by Crippen LogP contribution is -2.43. The number of hydrogen-bond donors (Lipinski definition) is 3. The molecule has 2 amide bonds. The average Bonchev–Trinajstić information content (AvgIpc) is 2.80. The molecule has 0 aliphatic heterocycles. The Bertz CT molecular complexity index is 399. The molecule has 0 spiro atoms. The summed E-state index contributed by atoms with van der Waals surface area (Å²) in [5.41, 5.74) is -1.20. The third-order valence-corrected chi connectivity index (χ3v) is 2.93. The van der Waals surface area contributed by atoms with E-state index in [9.17, 15) is 9.90 Å². The molecule has 1 heterocycles. The molecule has 1 aromatic rings. The van der Waals surface area contributed by atoms with Crippen LogP contribution in [0.5, 0.6) is 0 Å². The number of urea groups is 1. The molecule has 0 fully saturated rings. The summed E-state index contributed by atoms with van der Waals surface area (Å²) in [7, 11) is 0. The molecule has 0 saturated heterocycles. The summed E-state index contributed by atoms with van der Waals surface area (Å²) in [6.45, 7) is 6.31. The molecule has 1 rings (SSSR count). The molecule has 108 valence electrons. The summed E-state index contributed by atoms with van der Waals surface area (Å²) in [6, 6.07) is 3.24. The van der Waals surface area contributed by atoms with Gasteiger partial charge in [0, 0.05) is 6.54 Å². The third kappa shape index (κ3) is 5.34. The van der Waals surface area contributed by atoms with Gasteiger partial charge in [0.05, 0.1) is 6.54 Å². The Hall–Kier alpha value is -1.49. The van der Waals surface area contributed by atoms with Gasteiger partial charge in [-0.1, -0.05) is 19.8 Å². The van der Waals surface area contributed by atoms with Gasteiger partial charge in [-0.05, 0) is 32.4 Å². The maximum atomic E-state index is 11.5. The predicted molar refractivity (Wildman–Crippen MR) is 73.9 cm³/mol. The van der Waals surface area contributed by atoms with Gasteiger partial charge in [-0.15, -0.1) is 0 Å². The first-order chi connectivity index (χ1) is 8.95. The fourth-order valence-corrected chi connectivity index (χ4v) is 1.70. The molecule has 0 saturated carbocycles. The van der Waals surface area contributed by atoms with Crippen molar-refractivity contribution in [3.63, 3.8) is 0 Å². The Labute approximate surface area is 114 Å². The van der Waals surface area contributed by atoms with Gasteiger partial charge in [0.15, 0.2) is 0 Å². The van der Waals surface area contributed by atoms with E-state index in [-0.39, 0.29) is 12.6 Å². The minimum Gasteiger partial charge on any atom is -0.463 e. The summed E-state index contributed by atoms with van der Waals surface area (Å²) in [6.07, 6.45) is 3.19. The summed E-state index contributed by atoms with van der Waals surface area (Å²) in [5, 5.41) is 15.6. The van der Waals surface area contributed by atoms with Crippen molar-refractivity contribution in [2.75, 3.05) is 13.1 Å². The maximum absolute atomic E-state index is 11.5. The smallest absolute Gasteiger partial charge is 0.314 e. The monoisotopic (exact) mass is 268 g/mol. The number of aliphatic hydroxyl groups is 1. The molecule has 5 heteroatoms. The molecule has 0 bridgehead atoms. The Balaban J connectivity index is 2.32. The molecular weight excluding hydrogens is 244 g/mol. The van der Waals surface area contributed by atoms with Crippen LogP contribution in [-0.4, -0.2) is 24.2 Å². The van der Waals surface area contributed by atoms with Crippen molar-refractivity contribution in [2.45, 2.75) is 45.6 Å². The highest BCUT2D eigenvalue weighted by atomic mass is 16.4. The Kier molecular flexibility index (Phi) is 5.89. The van der Waals surface area contributed by atoms with Crippen molar-refractivity contribution < 1.29 is 14.3 Å². The third-order valence-electron chi connectivity index (χ3n) is 2.93. The second-order valence-corrected chi connectivity index (χ2v) is 5.00. The number of carbonyl (C=O) groups is 1. The van der Waals surface area contributed by atoms with Gasteiger partial charge in [0.25, 0.3) is 0 Å². The van der Waals surface area contributed by atoms with E-state index >= 15 is 0 Å². The highest BCUT2D eigenvalue weighted by molar-refractivity contribution is 5.73. The van der Waals surface area contributed by atoms with E-state index in [1.807, 2.05) is 6.92 Å². The van der Waals surface area contributed by atoms with Crippen LogP contribution in [0.15, 0.2) is 16.5 Å². The lowest BCUT2D eigenvalue weighted by molar-refractivity contribution is 0.0360. The zero-order valence-corrected chi connectivity index (χ0v) is 12.0. The number of carbonyl (C=O) groups excluding carboxylic acids is 1. The maximum Gasteiger partial charge on any atom is 0.314 e. The van der Waals surface area contributed by atoms with E-state index in [4.69, 9.17) is 4.42 Å². The van der Waals surface area contributed by atoms with Crippen molar-refractivity contribution in [3.05, 3.63) is 23.7 Å². The summed E-state index contributed by atoms with van der Waals surface area (Å²) >= 11 is 0. The van der Waals surface area contributed by atoms with Crippen LogP contribution in [0.3, 0.4) is 0 Å². The van der Waals surface area contributed by atoms with Gasteiger partial charge >= 0.3 is 6.03 Å². The number of hydrogen-bond acceptors (Lipinski definition) is 3. The first kappa shape index (κ1) is 15.6. The number of unbranched alkanes of at least 4 members (excludes halogenated alkanes) is 2. The lowest BCUT2D eigenvalue weighted by Gasteiger charge is -2.21. The first-order valence-corrected chi connectivity index (χ1v) is 6.76. The molecule has 0 aliphatic rings. The zero-order chi connectivity index (χ0) is 14.3. The standard InChI is InChI=1S/C14H24N2O3/c1-4-5-6-9-15-13(17)16-10-14(3,18)12-8-7-11(2)19-12/h7-8,18H,4-6,9-10H2,1-3H3,(H2,15,16,17). The Morgan fingerprint density at radius 1 is 1.37 bits per heavy atom. The molecule has 0 radical (unpaired) electrons. The largest absolute Gasteiger partial charge is 0.463 e. The molecule has 1 aromatic heterocycles. The van der Waals surface area contributed by atoms with E-state index < -0.39 is 5.60 Å². The van der Waals surface area contributed by atoms with E-state index in [2.05, 4.69) is 17.6 Å². The molecule has 0 aromatic carbocycles. The van der Waals surface area contributed by atoms with Crippen LogP contribution in [0, 0.1) is 6.92 Å². The Morgan fingerprint density at radius 3 is 2.68 bits per heavy atom. The van der Waals surface area contributed by atoms with Gasteiger partial charge in [0.1, 0.15) is 17.1 Å². The fourth-order valence-electron chi connectivity index (χ4n) is 1.70. The number of furan rings is 1. The van der Waals surface area contributed by atoms with E-state index in [0.29, 0.717) is 12.3 Å². The minimum absolute atomic E-state index is 0.111.